The van der Waals surface area contributed by atoms with Crippen molar-refractivity contribution in [3.8, 4) is 0 Å². The summed E-state index contributed by atoms with van der Waals surface area (Å²) in [6, 6.07) is 5.03. The van der Waals surface area contributed by atoms with E-state index in [-0.39, 0.29) is 17.5 Å². The van der Waals surface area contributed by atoms with Crippen LogP contribution in [0, 0.1) is 0 Å². The van der Waals surface area contributed by atoms with Gasteiger partial charge in [-0.3, -0.25) is 9.89 Å². The molecule has 7 heteroatoms. The van der Waals surface area contributed by atoms with Gasteiger partial charge in [0.25, 0.3) is 0 Å². The molecule has 0 spiro atoms. The number of carbonyl (C=O) groups is 2. The number of fused-ring (bicyclic) bond motifs is 1. The first-order chi connectivity index (χ1) is 8.65. The van der Waals surface area contributed by atoms with Crippen LogP contribution in [0.2, 0.25) is 0 Å². The van der Waals surface area contributed by atoms with E-state index in [0.717, 1.165) is 0 Å². The van der Waals surface area contributed by atoms with Gasteiger partial charge < -0.3 is 10.1 Å². The van der Waals surface area contributed by atoms with Gasteiger partial charge in [0.1, 0.15) is 5.88 Å². The number of alkyl halides is 1. The van der Waals surface area contributed by atoms with Crippen LogP contribution in [0.3, 0.4) is 0 Å². The SMILES string of the molecule is COC(=O)c1n[nH]c2ccc(NC(=O)CCl)cc12. The fraction of sp³-hybridized carbons (Fsp3) is 0.182. The second-order valence-corrected chi connectivity index (χ2v) is 3.77. The molecule has 0 unspecified atom stereocenters. The number of hydrogen-bond acceptors (Lipinski definition) is 4. The largest absolute Gasteiger partial charge is 0.464 e. The van der Waals surface area contributed by atoms with Gasteiger partial charge in [-0.15, -0.1) is 11.6 Å². The van der Waals surface area contributed by atoms with Crippen LogP contribution >= 0.6 is 11.6 Å². The molecule has 0 aliphatic carbocycles. The Morgan fingerprint density at radius 2 is 2.28 bits per heavy atom. The molecule has 0 atom stereocenters. The summed E-state index contributed by atoms with van der Waals surface area (Å²) in [4.78, 5) is 22.6. The Balaban J connectivity index is 2.42. The van der Waals surface area contributed by atoms with Gasteiger partial charge in [-0.25, -0.2) is 4.79 Å². The van der Waals surface area contributed by atoms with Crippen LogP contribution in [-0.4, -0.2) is 35.1 Å². The van der Waals surface area contributed by atoms with Crippen LogP contribution in [0.1, 0.15) is 10.5 Å². The Morgan fingerprint density at radius 3 is 2.94 bits per heavy atom. The van der Waals surface area contributed by atoms with E-state index in [2.05, 4.69) is 20.3 Å². The molecule has 0 aliphatic heterocycles. The first-order valence-corrected chi connectivity index (χ1v) is 5.61. The lowest BCUT2D eigenvalue weighted by Crippen LogP contribution is -2.12. The third-order valence-corrected chi connectivity index (χ3v) is 2.59. The number of carbonyl (C=O) groups excluding carboxylic acids is 2. The topological polar surface area (TPSA) is 84.1 Å². The van der Waals surface area contributed by atoms with Crippen molar-refractivity contribution < 1.29 is 14.3 Å². The van der Waals surface area contributed by atoms with E-state index in [4.69, 9.17) is 11.6 Å². The van der Waals surface area contributed by atoms with E-state index in [1.54, 1.807) is 18.2 Å². The van der Waals surface area contributed by atoms with Gasteiger partial charge in [-0.05, 0) is 18.2 Å². The van der Waals surface area contributed by atoms with E-state index < -0.39 is 5.97 Å². The summed E-state index contributed by atoms with van der Waals surface area (Å²) in [5.41, 5.74) is 1.40. The molecule has 1 amide bonds. The van der Waals surface area contributed by atoms with Crippen molar-refractivity contribution in [3.05, 3.63) is 23.9 Å². The number of esters is 1. The standard InChI is InChI=1S/C11H10ClN3O3/c1-18-11(17)10-7-4-6(13-9(16)5-12)2-3-8(7)14-15-10/h2-4H,5H2,1H3,(H,13,16)(H,14,15). The molecule has 6 nitrogen and oxygen atoms in total. The number of amides is 1. The van der Waals surface area contributed by atoms with Crippen molar-refractivity contribution in [3.63, 3.8) is 0 Å². The molecule has 2 N–H and O–H groups in total. The van der Waals surface area contributed by atoms with E-state index in [0.29, 0.717) is 16.6 Å². The first kappa shape index (κ1) is 12.4. The van der Waals surface area contributed by atoms with Crippen molar-refractivity contribution in [2.75, 3.05) is 18.3 Å². The van der Waals surface area contributed by atoms with Crippen LogP contribution in [0.25, 0.3) is 10.9 Å². The summed E-state index contributed by atoms with van der Waals surface area (Å²) >= 11 is 5.40. The van der Waals surface area contributed by atoms with Gasteiger partial charge in [-0.2, -0.15) is 5.10 Å². The number of methoxy groups -OCH3 is 1. The van der Waals surface area contributed by atoms with E-state index in [1.165, 1.54) is 7.11 Å². The minimum atomic E-state index is -0.540. The molecular formula is C11H10ClN3O3. The number of ether oxygens (including phenoxy) is 1. The van der Waals surface area contributed by atoms with Crippen molar-refractivity contribution in [2.24, 2.45) is 0 Å². The number of aromatic amines is 1. The van der Waals surface area contributed by atoms with Crippen LogP contribution in [-0.2, 0) is 9.53 Å². The van der Waals surface area contributed by atoms with Gasteiger partial charge in [-0.1, -0.05) is 0 Å². The Hall–Kier alpha value is -2.08. The van der Waals surface area contributed by atoms with Crippen LogP contribution in [0.15, 0.2) is 18.2 Å². The Kier molecular flexibility index (Phi) is 3.47. The normalized spacial score (nSPS) is 10.3. The number of H-pyrrole nitrogens is 1. The minimum absolute atomic E-state index is 0.132. The average molecular weight is 268 g/mol. The highest BCUT2D eigenvalue weighted by molar-refractivity contribution is 6.29. The zero-order valence-electron chi connectivity index (χ0n) is 9.49. The number of nitrogens with zero attached hydrogens (tertiary/aromatic N) is 1. The molecule has 0 aliphatic rings. The molecule has 0 radical (unpaired) electrons. The van der Waals surface area contributed by atoms with Crippen LogP contribution in [0.4, 0.5) is 5.69 Å². The Morgan fingerprint density at radius 1 is 1.50 bits per heavy atom. The zero-order chi connectivity index (χ0) is 13.1. The predicted molar refractivity (Wildman–Crippen MR) is 66.8 cm³/mol. The monoisotopic (exact) mass is 267 g/mol. The number of hydrogen-bond donors (Lipinski definition) is 2. The Labute approximate surface area is 107 Å². The molecule has 2 aromatic rings. The van der Waals surface area contributed by atoms with E-state index in [9.17, 15) is 9.59 Å². The number of rotatable bonds is 3. The molecule has 1 aromatic carbocycles. The molecule has 2 rings (SSSR count). The molecule has 1 heterocycles. The number of anilines is 1. The second kappa shape index (κ2) is 5.05. The van der Waals surface area contributed by atoms with Gasteiger partial charge in [0.2, 0.25) is 5.91 Å². The fourth-order valence-corrected chi connectivity index (χ4v) is 1.61. The number of halogens is 1. The van der Waals surface area contributed by atoms with Gasteiger partial charge >= 0.3 is 5.97 Å². The highest BCUT2D eigenvalue weighted by atomic mass is 35.5. The van der Waals surface area contributed by atoms with Crippen LogP contribution in [0.5, 0.6) is 0 Å². The molecule has 94 valence electrons. The van der Waals surface area contributed by atoms with Crippen molar-refractivity contribution in [1.29, 1.82) is 0 Å². The van der Waals surface area contributed by atoms with Crippen molar-refractivity contribution in [1.82, 2.24) is 10.2 Å². The molecule has 18 heavy (non-hydrogen) atoms. The summed E-state index contributed by atoms with van der Waals surface area (Å²) in [6.07, 6.45) is 0. The van der Waals surface area contributed by atoms with Gasteiger partial charge in [0.05, 0.1) is 12.6 Å². The van der Waals surface area contributed by atoms with Crippen molar-refractivity contribution >= 4 is 40.1 Å². The van der Waals surface area contributed by atoms with Crippen LogP contribution < -0.4 is 5.32 Å². The highest BCUT2D eigenvalue weighted by Gasteiger charge is 2.15. The van der Waals surface area contributed by atoms with Gasteiger partial charge in [0, 0.05) is 11.1 Å². The minimum Gasteiger partial charge on any atom is -0.464 e. The first-order valence-electron chi connectivity index (χ1n) is 5.08. The summed E-state index contributed by atoms with van der Waals surface area (Å²) in [5.74, 6) is -0.992. The average Bonchev–Trinajstić information content (AvgIpc) is 2.80. The molecule has 0 saturated heterocycles. The molecule has 1 aromatic heterocycles. The molecule has 0 fully saturated rings. The lowest BCUT2D eigenvalue weighted by atomic mass is 10.2. The predicted octanol–water partition coefficient (Wildman–Crippen LogP) is 1.53. The van der Waals surface area contributed by atoms with Gasteiger partial charge in [0.15, 0.2) is 5.69 Å². The lowest BCUT2D eigenvalue weighted by molar-refractivity contribution is -0.113. The van der Waals surface area contributed by atoms with E-state index >= 15 is 0 Å². The summed E-state index contributed by atoms with van der Waals surface area (Å²) in [6.45, 7) is 0. The smallest absolute Gasteiger partial charge is 0.359 e. The molecule has 0 saturated carbocycles. The third kappa shape index (κ3) is 2.28. The van der Waals surface area contributed by atoms with E-state index in [1.807, 2.05) is 0 Å². The maximum absolute atomic E-state index is 11.5. The maximum Gasteiger partial charge on any atom is 0.359 e. The lowest BCUT2D eigenvalue weighted by Gasteiger charge is -2.03. The summed E-state index contributed by atoms with van der Waals surface area (Å²) < 4.78 is 4.61. The number of nitrogens with one attached hydrogen (secondary N) is 2. The number of benzene rings is 1. The molecule has 0 bridgehead atoms. The summed E-state index contributed by atoms with van der Waals surface area (Å²) in [7, 11) is 1.28. The highest BCUT2D eigenvalue weighted by Crippen LogP contribution is 2.21. The quantitative estimate of drug-likeness (QED) is 0.652. The van der Waals surface area contributed by atoms with Crippen molar-refractivity contribution in [2.45, 2.75) is 0 Å². The number of aromatic nitrogens is 2. The fourth-order valence-electron chi connectivity index (χ4n) is 1.54. The Bertz CT molecular complexity index is 609. The second-order valence-electron chi connectivity index (χ2n) is 3.51. The zero-order valence-corrected chi connectivity index (χ0v) is 10.2. The maximum atomic E-state index is 11.5. The third-order valence-electron chi connectivity index (χ3n) is 2.35. The summed E-state index contributed by atoms with van der Waals surface area (Å²) in [5, 5.41) is 9.75. The molecular weight excluding hydrogens is 258 g/mol.